The quantitative estimate of drug-likeness (QED) is 0.786. The molecule has 0 aromatic heterocycles. The van der Waals surface area contributed by atoms with Crippen molar-refractivity contribution in [1.82, 2.24) is 10.2 Å². The van der Waals surface area contributed by atoms with Crippen molar-refractivity contribution in [1.29, 1.82) is 0 Å². The third kappa shape index (κ3) is 2.95. The molecule has 6 heteroatoms. The molecular weight excluding hydrogens is 284 g/mol. The molecule has 1 aliphatic heterocycles. The van der Waals surface area contributed by atoms with Crippen LogP contribution in [0.1, 0.15) is 37.8 Å². The summed E-state index contributed by atoms with van der Waals surface area (Å²) in [6, 6.07) is 7.09. The standard InChI is InChI=1S/C16H20N2O4/c1-3-11-6-8-12(9-7-11)16(2)14(21)18(15(22)17-16)10-4-5-13(19)20/h6-9H,3-5,10H2,1-2H3,(H,17,22)(H,19,20). The summed E-state index contributed by atoms with van der Waals surface area (Å²) in [6.45, 7) is 3.83. The van der Waals surface area contributed by atoms with E-state index in [1.807, 2.05) is 31.2 Å². The van der Waals surface area contributed by atoms with Crippen LogP contribution in [0.5, 0.6) is 0 Å². The molecule has 1 atom stereocenters. The number of rotatable bonds is 6. The molecule has 2 rings (SSSR count). The highest BCUT2D eigenvalue weighted by atomic mass is 16.4. The number of carbonyl (C=O) groups is 3. The van der Waals surface area contributed by atoms with Crippen LogP contribution < -0.4 is 5.32 Å². The normalized spacial score (nSPS) is 21.1. The van der Waals surface area contributed by atoms with Crippen LogP contribution in [0.25, 0.3) is 0 Å². The number of benzene rings is 1. The van der Waals surface area contributed by atoms with E-state index in [0.717, 1.165) is 22.4 Å². The van der Waals surface area contributed by atoms with E-state index in [-0.39, 0.29) is 25.3 Å². The fraction of sp³-hybridized carbons (Fsp3) is 0.438. The van der Waals surface area contributed by atoms with Crippen molar-refractivity contribution in [3.63, 3.8) is 0 Å². The Kier molecular flexibility index (Phi) is 4.49. The van der Waals surface area contributed by atoms with Gasteiger partial charge in [-0.3, -0.25) is 14.5 Å². The van der Waals surface area contributed by atoms with E-state index in [1.165, 1.54) is 0 Å². The molecule has 0 radical (unpaired) electrons. The molecule has 0 saturated carbocycles. The van der Waals surface area contributed by atoms with Gasteiger partial charge in [0, 0.05) is 13.0 Å². The molecular formula is C16H20N2O4. The second kappa shape index (κ2) is 6.17. The molecule has 118 valence electrons. The summed E-state index contributed by atoms with van der Waals surface area (Å²) in [4.78, 5) is 36.2. The molecule has 0 aliphatic carbocycles. The molecule has 1 aromatic carbocycles. The minimum absolute atomic E-state index is 0.0705. The number of aliphatic carboxylic acids is 1. The Morgan fingerprint density at radius 3 is 2.45 bits per heavy atom. The number of nitrogens with one attached hydrogen (secondary N) is 1. The van der Waals surface area contributed by atoms with Gasteiger partial charge in [0.25, 0.3) is 5.91 Å². The maximum atomic E-state index is 12.6. The van der Waals surface area contributed by atoms with Gasteiger partial charge in [0.15, 0.2) is 0 Å². The summed E-state index contributed by atoms with van der Waals surface area (Å²) in [5.41, 5.74) is 0.790. The van der Waals surface area contributed by atoms with Gasteiger partial charge in [-0.1, -0.05) is 31.2 Å². The Labute approximate surface area is 129 Å². The highest BCUT2D eigenvalue weighted by Crippen LogP contribution is 2.29. The smallest absolute Gasteiger partial charge is 0.325 e. The number of imide groups is 1. The van der Waals surface area contributed by atoms with Crippen molar-refractivity contribution < 1.29 is 19.5 Å². The van der Waals surface area contributed by atoms with E-state index in [9.17, 15) is 14.4 Å². The third-order valence-electron chi connectivity index (χ3n) is 3.99. The minimum atomic E-state index is -1.09. The van der Waals surface area contributed by atoms with Crippen molar-refractivity contribution in [2.75, 3.05) is 6.54 Å². The lowest BCUT2D eigenvalue weighted by Crippen LogP contribution is -2.41. The molecule has 1 fully saturated rings. The maximum absolute atomic E-state index is 12.6. The Morgan fingerprint density at radius 1 is 1.27 bits per heavy atom. The zero-order valence-electron chi connectivity index (χ0n) is 12.8. The molecule has 6 nitrogen and oxygen atoms in total. The molecule has 3 amide bonds. The number of hydrogen-bond acceptors (Lipinski definition) is 3. The van der Waals surface area contributed by atoms with E-state index in [2.05, 4.69) is 5.32 Å². The van der Waals surface area contributed by atoms with Crippen LogP contribution in [0.15, 0.2) is 24.3 Å². The van der Waals surface area contributed by atoms with Gasteiger partial charge in [-0.15, -0.1) is 0 Å². The fourth-order valence-corrected chi connectivity index (χ4v) is 2.56. The third-order valence-corrected chi connectivity index (χ3v) is 3.99. The molecule has 1 heterocycles. The molecule has 1 saturated heterocycles. The van der Waals surface area contributed by atoms with Crippen molar-refractivity contribution in [3.8, 4) is 0 Å². The van der Waals surface area contributed by atoms with Crippen LogP contribution >= 0.6 is 0 Å². The van der Waals surface area contributed by atoms with Crippen LogP contribution in [0, 0.1) is 0 Å². The zero-order chi connectivity index (χ0) is 16.3. The van der Waals surface area contributed by atoms with Crippen LogP contribution in [-0.2, 0) is 21.5 Å². The summed E-state index contributed by atoms with van der Waals surface area (Å²) < 4.78 is 0. The minimum Gasteiger partial charge on any atom is -0.481 e. The fourth-order valence-electron chi connectivity index (χ4n) is 2.56. The first-order valence-corrected chi connectivity index (χ1v) is 7.34. The molecule has 2 N–H and O–H groups in total. The monoisotopic (exact) mass is 304 g/mol. The van der Waals surface area contributed by atoms with Gasteiger partial charge in [-0.25, -0.2) is 4.79 Å². The number of nitrogens with zero attached hydrogens (tertiary/aromatic N) is 1. The summed E-state index contributed by atoms with van der Waals surface area (Å²) in [5, 5.41) is 11.4. The van der Waals surface area contributed by atoms with Crippen molar-refractivity contribution in [3.05, 3.63) is 35.4 Å². The van der Waals surface area contributed by atoms with Gasteiger partial charge in [-0.05, 0) is 30.9 Å². The molecule has 0 spiro atoms. The molecule has 1 aliphatic rings. The number of carbonyl (C=O) groups excluding carboxylic acids is 2. The van der Waals surface area contributed by atoms with Crippen LogP contribution in [0.2, 0.25) is 0 Å². The average Bonchev–Trinajstić information content (AvgIpc) is 2.71. The van der Waals surface area contributed by atoms with Crippen molar-refractivity contribution in [2.45, 2.75) is 38.6 Å². The molecule has 0 bridgehead atoms. The number of urea groups is 1. The first kappa shape index (κ1) is 16.0. The van der Waals surface area contributed by atoms with Crippen LogP contribution in [-0.4, -0.2) is 34.5 Å². The predicted octanol–water partition coefficient (Wildman–Crippen LogP) is 1.88. The number of amides is 3. The number of carboxylic acid groups (broad SMARTS) is 1. The second-order valence-electron chi connectivity index (χ2n) is 5.56. The van der Waals surface area contributed by atoms with Gasteiger partial charge in [0.2, 0.25) is 0 Å². The van der Waals surface area contributed by atoms with Gasteiger partial charge < -0.3 is 10.4 Å². The second-order valence-corrected chi connectivity index (χ2v) is 5.56. The lowest BCUT2D eigenvalue weighted by molar-refractivity contribution is -0.138. The maximum Gasteiger partial charge on any atom is 0.325 e. The molecule has 22 heavy (non-hydrogen) atoms. The summed E-state index contributed by atoms with van der Waals surface area (Å²) in [7, 11) is 0. The van der Waals surface area contributed by atoms with Gasteiger partial charge in [0.05, 0.1) is 0 Å². The number of aryl methyl sites for hydroxylation is 1. The molecule has 1 unspecified atom stereocenters. The van der Waals surface area contributed by atoms with Crippen molar-refractivity contribution >= 4 is 17.9 Å². The Bertz CT molecular complexity index is 597. The van der Waals surface area contributed by atoms with Gasteiger partial charge in [0.1, 0.15) is 5.54 Å². The summed E-state index contributed by atoms with van der Waals surface area (Å²) in [5.74, 6) is -1.28. The van der Waals surface area contributed by atoms with E-state index in [0.29, 0.717) is 0 Å². The van der Waals surface area contributed by atoms with Crippen LogP contribution in [0.4, 0.5) is 4.79 Å². The number of hydrogen-bond donors (Lipinski definition) is 2. The van der Waals surface area contributed by atoms with E-state index in [4.69, 9.17) is 5.11 Å². The molecule has 1 aromatic rings. The topological polar surface area (TPSA) is 86.7 Å². The number of carboxylic acids is 1. The van der Waals surface area contributed by atoms with E-state index < -0.39 is 17.5 Å². The summed E-state index contributed by atoms with van der Waals surface area (Å²) >= 11 is 0. The largest absolute Gasteiger partial charge is 0.481 e. The average molecular weight is 304 g/mol. The highest BCUT2D eigenvalue weighted by Gasteiger charge is 2.48. The predicted molar refractivity (Wildman–Crippen MR) is 80.3 cm³/mol. The van der Waals surface area contributed by atoms with Gasteiger partial charge >= 0.3 is 12.0 Å². The first-order chi connectivity index (χ1) is 10.4. The highest BCUT2D eigenvalue weighted by molar-refractivity contribution is 6.07. The Morgan fingerprint density at radius 2 is 1.91 bits per heavy atom. The first-order valence-electron chi connectivity index (χ1n) is 7.34. The van der Waals surface area contributed by atoms with E-state index in [1.54, 1.807) is 6.92 Å². The Hall–Kier alpha value is -2.37. The van der Waals surface area contributed by atoms with Crippen molar-refractivity contribution in [2.24, 2.45) is 0 Å². The summed E-state index contributed by atoms with van der Waals surface area (Å²) in [6.07, 6.45) is 1.08. The van der Waals surface area contributed by atoms with Crippen LogP contribution in [0.3, 0.4) is 0 Å². The Balaban J connectivity index is 2.15. The zero-order valence-corrected chi connectivity index (χ0v) is 12.8. The van der Waals surface area contributed by atoms with E-state index >= 15 is 0 Å². The lowest BCUT2D eigenvalue weighted by Gasteiger charge is -2.22. The van der Waals surface area contributed by atoms with Gasteiger partial charge in [-0.2, -0.15) is 0 Å². The SMILES string of the molecule is CCc1ccc(C2(C)NC(=O)N(CCCC(=O)O)C2=O)cc1. The lowest BCUT2D eigenvalue weighted by atomic mass is 9.91.